The molecule has 1 aromatic rings. The standard InChI is InChI=1S/C16H18Cl2N2O3S2/c1-16(2,3)14(21)19-15-20(10-6-4-5-9(17)13(10)18)11-7-25(22,23)8-12(11)24-15/h4-6,11-12H,7-8H2,1-3H3/t11-,12+/m0/s1. The van der Waals surface area contributed by atoms with E-state index in [2.05, 4.69) is 4.99 Å². The van der Waals surface area contributed by atoms with Crippen LogP contribution in [0.4, 0.5) is 5.69 Å². The highest BCUT2D eigenvalue weighted by Gasteiger charge is 2.50. The van der Waals surface area contributed by atoms with Gasteiger partial charge >= 0.3 is 0 Å². The molecule has 9 heteroatoms. The van der Waals surface area contributed by atoms with Crippen LogP contribution in [0.15, 0.2) is 23.2 Å². The Morgan fingerprint density at radius 1 is 1.28 bits per heavy atom. The minimum Gasteiger partial charge on any atom is -0.314 e. The van der Waals surface area contributed by atoms with Gasteiger partial charge in [-0.1, -0.05) is 61.8 Å². The van der Waals surface area contributed by atoms with Crippen molar-refractivity contribution in [1.82, 2.24) is 0 Å². The van der Waals surface area contributed by atoms with Gasteiger partial charge in [-0.15, -0.1) is 0 Å². The van der Waals surface area contributed by atoms with Crippen molar-refractivity contribution in [3.8, 4) is 0 Å². The van der Waals surface area contributed by atoms with Crippen LogP contribution in [0.2, 0.25) is 10.0 Å². The number of amidine groups is 1. The van der Waals surface area contributed by atoms with Gasteiger partial charge in [0, 0.05) is 10.7 Å². The van der Waals surface area contributed by atoms with Gasteiger partial charge in [-0.3, -0.25) is 4.79 Å². The third-order valence-corrected chi connectivity index (χ3v) is 8.11. The molecule has 5 nitrogen and oxygen atoms in total. The van der Waals surface area contributed by atoms with Crippen LogP contribution in [0, 0.1) is 5.41 Å². The number of rotatable bonds is 1. The zero-order valence-electron chi connectivity index (χ0n) is 14.0. The maximum atomic E-state index is 12.4. The fourth-order valence-corrected chi connectivity index (χ4v) is 7.07. The highest BCUT2D eigenvalue weighted by atomic mass is 35.5. The fraction of sp³-hybridized carbons (Fsp3) is 0.500. The number of sulfone groups is 1. The Hall–Kier alpha value is -0.760. The van der Waals surface area contributed by atoms with Crippen LogP contribution in [-0.4, -0.2) is 42.3 Å². The van der Waals surface area contributed by atoms with Gasteiger partial charge in [0.2, 0.25) is 0 Å². The molecular formula is C16H18Cl2N2O3S2. The molecule has 2 heterocycles. The maximum Gasteiger partial charge on any atom is 0.253 e. The second kappa shape index (κ2) is 6.44. The van der Waals surface area contributed by atoms with E-state index in [4.69, 9.17) is 23.2 Å². The van der Waals surface area contributed by atoms with E-state index in [-0.39, 0.29) is 28.7 Å². The number of fused-ring (bicyclic) bond motifs is 1. The molecule has 0 unspecified atom stereocenters. The van der Waals surface area contributed by atoms with Crippen molar-refractivity contribution in [1.29, 1.82) is 0 Å². The first-order valence-corrected chi connectivity index (χ1v) is 11.2. The molecule has 0 saturated carbocycles. The van der Waals surface area contributed by atoms with Gasteiger partial charge in [0.15, 0.2) is 15.0 Å². The van der Waals surface area contributed by atoms with E-state index in [0.29, 0.717) is 20.9 Å². The van der Waals surface area contributed by atoms with Crippen LogP contribution >= 0.6 is 35.0 Å². The maximum absolute atomic E-state index is 12.4. The van der Waals surface area contributed by atoms with E-state index < -0.39 is 15.3 Å². The molecule has 1 amide bonds. The third kappa shape index (κ3) is 3.70. The average molecular weight is 421 g/mol. The summed E-state index contributed by atoms with van der Waals surface area (Å²) in [6.45, 7) is 5.38. The number of nitrogens with zero attached hydrogens (tertiary/aromatic N) is 2. The van der Waals surface area contributed by atoms with Gasteiger partial charge in [0.05, 0.1) is 33.3 Å². The van der Waals surface area contributed by atoms with Crippen LogP contribution in [0.3, 0.4) is 0 Å². The topological polar surface area (TPSA) is 66.8 Å². The molecule has 25 heavy (non-hydrogen) atoms. The molecule has 0 N–H and O–H groups in total. The number of hydrogen-bond acceptors (Lipinski definition) is 4. The van der Waals surface area contributed by atoms with Gasteiger partial charge in [0.1, 0.15) is 0 Å². The largest absolute Gasteiger partial charge is 0.314 e. The molecule has 2 saturated heterocycles. The van der Waals surface area contributed by atoms with Crippen molar-refractivity contribution >= 4 is 61.6 Å². The first-order valence-electron chi connectivity index (χ1n) is 7.73. The first kappa shape index (κ1) is 19.0. The first-order chi connectivity index (χ1) is 11.5. The SMILES string of the molecule is CC(C)(C)C(=O)N=C1S[C@@H]2CS(=O)(=O)C[C@@H]2N1c1cccc(Cl)c1Cl. The Bertz CT molecular complexity index is 863. The number of hydrogen-bond donors (Lipinski definition) is 0. The van der Waals surface area contributed by atoms with Crippen LogP contribution < -0.4 is 4.90 Å². The van der Waals surface area contributed by atoms with Gasteiger partial charge in [-0.25, -0.2) is 8.42 Å². The molecular weight excluding hydrogens is 403 g/mol. The lowest BCUT2D eigenvalue weighted by Crippen LogP contribution is -2.38. The number of benzene rings is 1. The van der Waals surface area contributed by atoms with Gasteiger partial charge in [-0.05, 0) is 12.1 Å². The van der Waals surface area contributed by atoms with Crippen molar-refractivity contribution in [3.05, 3.63) is 28.2 Å². The van der Waals surface area contributed by atoms with E-state index in [1.807, 2.05) is 0 Å². The van der Waals surface area contributed by atoms with Crippen LogP contribution in [-0.2, 0) is 14.6 Å². The lowest BCUT2D eigenvalue weighted by Gasteiger charge is -2.26. The minimum absolute atomic E-state index is 0.0102. The Balaban J connectivity index is 2.09. The molecule has 2 fully saturated rings. The number of carbonyl (C=O) groups excluding carboxylic acids is 1. The number of carbonyl (C=O) groups is 1. The Labute approximate surface area is 161 Å². The molecule has 0 radical (unpaired) electrons. The van der Waals surface area contributed by atoms with Crippen LogP contribution in [0.1, 0.15) is 20.8 Å². The fourth-order valence-electron chi connectivity index (χ4n) is 2.78. The number of anilines is 1. The van der Waals surface area contributed by atoms with Crippen molar-refractivity contribution in [2.75, 3.05) is 16.4 Å². The van der Waals surface area contributed by atoms with Crippen LogP contribution in [0.25, 0.3) is 0 Å². The summed E-state index contributed by atoms with van der Waals surface area (Å²) < 4.78 is 24.1. The summed E-state index contributed by atoms with van der Waals surface area (Å²) >= 11 is 13.8. The summed E-state index contributed by atoms with van der Waals surface area (Å²) in [4.78, 5) is 18.4. The van der Waals surface area contributed by atoms with Crippen molar-refractivity contribution in [3.63, 3.8) is 0 Å². The molecule has 2 aliphatic heterocycles. The summed E-state index contributed by atoms with van der Waals surface area (Å²) in [6.07, 6.45) is 0. The van der Waals surface area contributed by atoms with Gasteiger partial charge in [0.25, 0.3) is 5.91 Å². The Morgan fingerprint density at radius 3 is 2.60 bits per heavy atom. The van der Waals surface area contributed by atoms with Crippen LogP contribution in [0.5, 0.6) is 0 Å². The Morgan fingerprint density at radius 2 is 1.96 bits per heavy atom. The summed E-state index contributed by atoms with van der Waals surface area (Å²) in [5, 5.41) is 1.00. The number of amides is 1. The zero-order chi connectivity index (χ0) is 18.6. The smallest absolute Gasteiger partial charge is 0.253 e. The molecule has 2 atom stereocenters. The zero-order valence-corrected chi connectivity index (χ0v) is 17.1. The quantitative estimate of drug-likeness (QED) is 0.693. The predicted molar refractivity (Wildman–Crippen MR) is 105 cm³/mol. The highest BCUT2D eigenvalue weighted by Crippen LogP contribution is 2.44. The van der Waals surface area contributed by atoms with E-state index in [0.717, 1.165) is 0 Å². The molecule has 0 aliphatic carbocycles. The van der Waals surface area contributed by atoms with Crippen molar-refractivity contribution < 1.29 is 13.2 Å². The van der Waals surface area contributed by atoms with E-state index >= 15 is 0 Å². The van der Waals surface area contributed by atoms with Crippen molar-refractivity contribution in [2.45, 2.75) is 32.1 Å². The number of thioether (sulfide) groups is 1. The lowest BCUT2D eigenvalue weighted by molar-refractivity contribution is -0.124. The normalized spacial score (nSPS) is 26.9. The summed E-state index contributed by atoms with van der Waals surface area (Å²) in [6, 6.07) is 4.86. The van der Waals surface area contributed by atoms with Gasteiger partial charge in [-0.2, -0.15) is 4.99 Å². The third-order valence-electron chi connectivity index (χ3n) is 4.10. The number of aliphatic imine (C=N–C) groups is 1. The Kier molecular flexibility index (Phi) is 4.90. The minimum atomic E-state index is -3.13. The number of halogens is 2. The molecule has 2 aliphatic rings. The molecule has 0 bridgehead atoms. The van der Waals surface area contributed by atoms with E-state index in [1.165, 1.54) is 11.8 Å². The summed E-state index contributed by atoms with van der Waals surface area (Å²) in [5.41, 5.74) is -0.0482. The highest BCUT2D eigenvalue weighted by molar-refractivity contribution is 8.16. The molecule has 1 aromatic carbocycles. The summed E-state index contributed by atoms with van der Waals surface area (Å²) in [5.74, 6) is -0.184. The molecule has 136 valence electrons. The van der Waals surface area contributed by atoms with E-state index in [9.17, 15) is 13.2 Å². The predicted octanol–water partition coefficient (Wildman–Crippen LogP) is 3.64. The van der Waals surface area contributed by atoms with Crippen molar-refractivity contribution in [2.24, 2.45) is 10.4 Å². The monoisotopic (exact) mass is 420 g/mol. The summed E-state index contributed by atoms with van der Waals surface area (Å²) in [7, 11) is -3.13. The average Bonchev–Trinajstić information content (AvgIpc) is 2.92. The van der Waals surface area contributed by atoms with E-state index in [1.54, 1.807) is 43.9 Å². The second-order valence-electron chi connectivity index (χ2n) is 7.19. The van der Waals surface area contributed by atoms with Gasteiger partial charge < -0.3 is 4.90 Å². The molecule has 0 spiro atoms. The lowest BCUT2D eigenvalue weighted by atomic mass is 9.96. The second-order valence-corrected chi connectivity index (χ2v) is 11.3. The molecule has 0 aromatic heterocycles. The molecule has 3 rings (SSSR count).